The molecule has 0 heterocycles. The average Bonchev–Trinajstić information content (AvgIpc) is 2.39. The van der Waals surface area contributed by atoms with E-state index in [2.05, 4.69) is 12.1 Å². The van der Waals surface area contributed by atoms with Crippen molar-refractivity contribution in [3.63, 3.8) is 0 Å². The van der Waals surface area contributed by atoms with Crippen LogP contribution in [0.15, 0.2) is 54.6 Å². The second-order valence-electron chi connectivity index (χ2n) is 5.26. The fourth-order valence-electron chi connectivity index (χ4n) is 2.12. The summed E-state index contributed by atoms with van der Waals surface area (Å²) < 4.78 is 5.73. The zero-order valence-electron chi connectivity index (χ0n) is 11.8. The Balaban J connectivity index is 2.35. The smallest absolute Gasteiger partial charge is 0.120 e. The third-order valence-corrected chi connectivity index (χ3v) is 3.18. The molecule has 0 aliphatic carbocycles. The Morgan fingerprint density at radius 3 is 2.21 bits per heavy atom. The van der Waals surface area contributed by atoms with Gasteiger partial charge in [0.15, 0.2) is 0 Å². The maximum atomic E-state index is 6.50. The van der Waals surface area contributed by atoms with Gasteiger partial charge in [0.25, 0.3) is 0 Å². The zero-order chi connectivity index (χ0) is 13.9. The number of ether oxygens (including phenoxy) is 1. The maximum Gasteiger partial charge on any atom is 0.120 e. The van der Waals surface area contributed by atoms with Gasteiger partial charge in [0.2, 0.25) is 0 Å². The lowest BCUT2D eigenvalue weighted by Gasteiger charge is -2.26. The molecule has 0 amide bonds. The third kappa shape index (κ3) is 3.15. The van der Waals surface area contributed by atoms with Crippen molar-refractivity contribution in [2.24, 2.45) is 5.73 Å². The molecule has 0 spiro atoms. The fraction of sp³-hybridized carbons (Fsp3) is 0.294. The van der Waals surface area contributed by atoms with Gasteiger partial charge in [0.1, 0.15) is 5.75 Å². The fourth-order valence-corrected chi connectivity index (χ4v) is 2.12. The van der Waals surface area contributed by atoms with Crippen LogP contribution in [-0.4, -0.2) is 6.10 Å². The summed E-state index contributed by atoms with van der Waals surface area (Å²) in [6, 6.07) is 18.1. The Kier molecular flexibility index (Phi) is 3.91. The minimum atomic E-state index is -0.516. The first-order valence-corrected chi connectivity index (χ1v) is 6.62. The molecule has 100 valence electrons. The molecule has 2 rings (SSSR count). The van der Waals surface area contributed by atoms with Gasteiger partial charge in [-0.15, -0.1) is 0 Å². The van der Waals surface area contributed by atoms with Crippen LogP contribution in [0.2, 0.25) is 0 Å². The molecule has 0 fully saturated rings. The van der Waals surface area contributed by atoms with Gasteiger partial charge in [-0.25, -0.2) is 0 Å². The van der Waals surface area contributed by atoms with E-state index in [1.54, 1.807) is 0 Å². The highest BCUT2D eigenvalue weighted by molar-refractivity contribution is 5.40. The van der Waals surface area contributed by atoms with Crippen molar-refractivity contribution in [3.8, 4) is 5.75 Å². The van der Waals surface area contributed by atoms with Crippen LogP contribution in [0.1, 0.15) is 31.9 Å². The van der Waals surface area contributed by atoms with Crippen LogP contribution in [0.5, 0.6) is 5.75 Å². The van der Waals surface area contributed by atoms with Gasteiger partial charge >= 0.3 is 0 Å². The summed E-state index contributed by atoms with van der Waals surface area (Å²) in [6.07, 6.45) is 0.163. The van der Waals surface area contributed by atoms with Gasteiger partial charge in [-0.2, -0.15) is 0 Å². The van der Waals surface area contributed by atoms with Crippen LogP contribution >= 0.6 is 0 Å². The quantitative estimate of drug-likeness (QED) is 0.904. The van der Waals surface area contributed by atoms with Gasteiger partial charge in [0, 0.05) is 0 Å². The SMILES string of the molecule is CC(C)Oc1cccc(C(C)(N)c2ccccc2)c1. The van der Waals surface area contributed by atoms with Crippen LogP contribution < -0.4 is 10.5 Å². The van der Waals surface area contributed by atoms with Crippen LogP contribution in [0.25, 0.3) is 0 Å². The van der Waals surface area contributed by atoms with Crippen molar-refractivity contribution in [3.05, 3.63) is 65.7 Å². The second-order valence-corrected chi connectivity index (χ2v) is 5.26. The van der Waals surface area contributed by atoms with Gasteiger partial charge in [0.05, 0.1) is 11.6 Å². The summed E-state index contributed by atoms with van der Waals surface area (Å²) in [5.74, 6) is 0.861. The minimum absolute atomic E-state index is 0.163. The average molecular weight is 255 g/mol. The van der Waals surface area contributed by atoms with E-state index in [1.807, 2.05) is 63.2 Å². The molecule has 19 heavy (non-hydrogen) atoms. The van der Waals surface area contributed by atoms with E-state index in [-0.39, 0.29) is 6.10 Å². The summed E-state index contributed by atoms with van der Waals surface area (Å²) in [4.78, 5) is 0. The highest BCUT2D eigenvalue weighted by atomic mass is 16.5. The largest absolute Gasteiger partial charge is 0.491 e. The molecule has 0 saturated carbocycles. The molecule has 0 radical (unpaired) electrons. The number of hydrogen-bond acceptors (Lipinski definition) is 2. The predicted molar refractivity (Wildman–Crippen MR) is 79.3 cm³/mol. The monoisotopic (exact) mass is 255 g/mol. The highest BCUT2D eigenvalue weighted by Crippen LogP contribution is 2.28. The summed E-state index contributed by atoms with van der Waals surface area (Å²) >= 11 is 0. The standard InChI is InChI=1S/C17H21NO/c1-13(2)19-16-11-7-10-15(12-16)17(3,18)14-8-5-4-6-9-14/h4-13H,18H2,1-3H3. The van der Waals surface area contributed by atoms with E-state index in [4.69, 9.17) is 10.5 Å². The van der Waals surface area contributed by atoms with E-state index in [1.165, 1.54) is 0 Å². The summed E-state index contributed by atoms with van der Waals surface area (Å²) in [7, 11) is 0. The topological polar surface area (TPSA) is 35.2 Å². The van der Waals surface area contributed by atoms with Crippen molar-refractivity contribution >= 4 is 0 Å². The molecular formula is C17H21NO. The summed E-state index contributed by atoms with van der Waals surface area (Å²) in [6.45, 7) is 6.06. The predicted octanol–water partition coefficient (Wildman–Crippen LogP) is 3.70. The minimum Gasteiger partial charge on any atom is -0.491 e. The maximum absolute atomic E-state index is 6.50. The Hall–Kier alpha value is -1.80. The molecule has 0 aromatic heterocycles. The lowest BCUT2D eigenvalue weighted by Crippen LogP contribution is -2.34. The van der Waals surface area contributed by atoms with E-state index in [9.17, 15) is 0 Å². The first-order chi connectivity index (χ1) is 9.00. The normalized spacial score (nSPS) is 14.2. The summed E-state index contributed by atoms with van der Waals surface area (Å²) in [5.41, 5.74) is 8.13. The van der Waals surface area contributed by atoms with E-state index < -0.39 is 5.54 Å². The van der Waals surface area contributed by atoms with Crippen LogP contribution in [0.4, 0.5) is 0 Å². The van der Waals surface area contributed by atoms with Gasteiger partial charge in [-0.3, -0.25) is 0 Å². The van der Waals surface area contributed by atoms with Crippen molar-refractivity contribution in [2.75, 3.05) is 0 Å². The van der Waals surface area contributed by atoms with Gasteiger partial charge in [-0.05, 0) is 44.0 Å². The molecule has 2 aromatic carbocycles. The molecule has 2 heteroatoms. The van der Waals surface area contributed by atoms with Crippen LogP contribution in [0.3, 0.4) is 0 Å². The number of benzene rings is 2. The first-order valence-electron chi connectivity index (χ1n) is 6.62. The molecule has 1 unspecified atom stereocenters. The Morgan fingerprint density at radius 1 is 0.947 bits per heavy atom. The van der Waals surface area contributed by atoms with E-state index in [0.29, 0.717) is 0 Å². The number of rotatable bonds is 4. The molecule has 1 atom stereocenters. The van der Waals surface area contributed by atoms with E-state index in [0.717, 1.165) is 16.9 Å². The zero-order valence-corrected chi connectivity index (χ0v) is 11.8. The molecule has 2 nitrogen and oxygen atoms in total. The first kappa shape index (κ1) is 13.6. The molecule has 2 N–H and O–H groups in total. The molecule has 0 saturated heterocycles. The van der Waals surface area contributed by atoms with Crippen LogP contribution in [0, 0.1) is 0 Å². The lowest BCUT2D eigenvalue weighted by atomic mass is 9.86. The Bertz CT molecular complexity index is 532. The Labute approximate surface area is 115 Å². The van der Waals surface area contributed by atoms with Gasteiger partial charge < -0.3 is 10.5 Å². The number of hydrogen-bond donors (Lipinski definition) is 1. The van der Waals surface area contributed by atoms with Crippen molar-refractivity contribution < 1.29 is 4.74 Å². The van der Waals surface area contributed by atoms with Gasteiger partial charge in [-0.1, -0.05) is 42.5 Å². The Morgan fingerprint density at radius 2 is 1.58 bits per heavy atom. The van der Waals surface area contributed by atoms with E-state index >= 15 is 0 Å². The third-order valence-electron chi connectivity index (χ3n) is 3.18. The molecule has 0 bridgehead atoms. The molecule has 0 aliphatic rings. The highest BCUT2D eigenvalue weighted by Gasteiger charge is 2.23. The van der Waals surface area contributed by atoms with Crippen molar-refractivity contribution in [1.29, 1.82) is 0 Å². The van der Waals surface area contributed by atoms with Crippen LogP contribution in [-0.2, 0) is 5.54 Å². The second kappa shape index (κ2) is 5.45. The van der Waals surface area contributed by atoms with Crippen molar-refractivity contribution in [1.82, 2.24) is 0 Å². The molecular weight excluding hydrogens is 234 g/mol. The molecule has 0 aliphatic heterocycles. The lowest BCUT2D eigenvalue weighted by molar-refractivity contribution is 0.242. The molecule has 2 aromatic rings. The summed E-state index contributed by atoms with van der Waals surface area (Å²) in [5, 5.41) is 0. The van der Waals surface area contributed by atoms with Crippen molar-refractivity contribution in [2.45, 2.75) is 32.4 Å². The number of nitrogens with two attached hydrogens (primary N) is 1.